The van der Waals surface area contributed by atoms with Crippen LogP contribution in [0.15, 0.2) is 77.7 Å². The van der Waals surface area contributed by atoms with Gasteiger partial charge in [0.05, 0.1) is 11.9 Å². The van der Waals surface area contributed by atoms with Gasteiger partial charge in [0.1, 0.15) is 11.5 Å². The first-order valence-corrected chi connectivity index (χ1v) is 9.78. The third kappa shape index (κ3) is 4.48. The van der Waals surface area contributed by atoms with Crippen molar-refractivity contribution < 1.29 is 13.5 Å². The van der Waals surface area contributed by atoms with E-state index in [1.807, 2.05) is 54.6 Å². The molecular weight excluding hydrogens is 390 g/mol. The maximum atomic E-state index is 11.5. The highest BCUT2D eigenvalue weighted by molar-refractivity contribution is 7.79. The normalized spacial score (nSPS) is 11.8. The number of nitrogens with one attached hydrogen (secondary N) is 1. The summed E-state index contributed by atoms with van der Waals surface area (Å²) < 4.78 is 26.7. The number of ether oxygens (including phenoxy) is 1. The number of aryl methyl sites for hydroxylation is 1. The predicted octanol–water partition coefficient (Wildman–Crippen LogP) is 3.99. The number of anilines is 2. The highest BCUT2D eigenvalue weighted by atomic mass is 32.2. The molecule has 0 saturated carbocycles. The Labute approximate surface area is 169 Å². The van der Waals surface area contributed by atoms with Crippen LogP contribution in [0.1, 0.15) is 0 Å². The van der Waals surface area contributed by atoms with Crippen LogP contribution < -0.4 is 10.1 Å². The molecule has 2 N–H and O–H groups in total. The van der Waals surface area contributed by atoms with Gasteiger partial charge in [-0.15, -0.1) is 10.2 Å². The molecule has 0 saturated heterocycles. The van der Waals surface area contributed by atoms with Crippen LogP contribution in [0.2, 0.25) is 0 Å². The highest BCUT2D eigenvalue weighted by Crippen LogP contribution is 2.31. The van der Waals surface area contributed by atoms with Crippen molar-refractivity contribution in [3.05, 3.63) is 72.8 Å². The van der Waals surface area contributed by atoms with Crippen molar-refractivity contribution in [1.29, 1.82) is 0 Å². The Morgan fingerprint density at radius 2 is 1.72 bits per heavy atom. The smallest absolute Gasteiger partial charge is 0.207 e. The van der Waals surface area contributed by atoms with Crippen LogP contribution in [0.5, 0.6) is 11.5 Å². The fourth-order valence-electron chi connectivity index (χ4n) is 2.70. The summed E-state index contributed by atoms with van der Waals surface area (Å²) in [7, 11) is 1.66. The monoisotopic (exact) mass is 407 g/mol. The average molecular weight is 407 g/mol. The molecule has 1 unspecified atom stereocenters. The molecule has 0 amide bonds. The number of para-hydroxylation sites is 1. The molecule has 0 bridgehead atoms. The molecule has 0 fully saturated rings. The molecule has 29 heavy (non-hydrogen) atoms. The number of hydrogen-bond acceptors (Lipinski definition) is 6. The van der Waals surface area contributed by atoms with E-state index >= 15 is 0 Å². The Hall–Kier alpha value is -3.56. The van der Waals surface area contributed by atoms with Crippen molar-refractivity contribution in [2.24, 2.45) is 7.05 Å². The summed E-state index contributed by atoms with van der Waals surface area (Å²) >= 11 is -2.11. The number of rotatable bonds is 6. The van der Waals surface area contributed by atoms with Crippen molar-refractivity contribution >= 4 is 22.5 Å². The van der Waals surface area contributed by atoms with Gasteiger partial charge in [0, 0.05) is 16.9 Å². The molecule has 1 heterocycles. The molecule has 146 valence electrons. The molecule has 0 aliphatic rings. The molecule has 4 rings (SSSR count). The van der Waals surface area contributed by atoms with E-state index in [0.717, 1.165) is 11.4 Å². The van der Waals surface area contributed by atoms with E-state index in [1.165, 1.54) is 4.80 Å². The Kier molecular flexibility index (Phi) is 5.32. The van der Waals surface area contributed by atoms with Gasteiger partial charge >= 0.3 is 0 Å². The van der Waals surface area contributed by atoms with E-state index in [-0.39, 0.29) is 4.90 Å². The lowest BCUT2D eigenvalue weighted by atomic mass is 10.1. The Morgan fingerprint density at radius 1 is 1.00 bits per heavy atom. The topological polar surface area (TPSA) is 102 Å². The van der Waals surface area contributed by atoms with Crippen LogP contribution in [-0.4, -0.2) is 29.0 Å². The van der Waals surface area contributed by atoms with E-state index in [0.29, 0.717) is 22.8 Å². The lowest BCUT2D eigenvalue weighted by molar-refractivity contribution is 0.483. The van der Waals surface area contributed by atoms with Gasteiger partial charge in [-0.1, -0.05) is 18.2 Å². The number of nitrogens with zero attached hydrogens (tertiary/aromatic N) is 4. The summed E-state index contributed by atoms with van der Waals surface area (Å²) in [5.41, 5.74) is 2.07. The molecule has 3 aromatic carbocycles. The average Bonchev–Trinajstić information content (AvgIpc) is 3.16. The lowest BCUT2D eigenvalue weighted by Crippen LogP contribution is -1.98. The predicted molar refractivity (Wildman–Crippen MR) is 110 cm³/mol. The summed E-state index contributed by atoms with van der Waals surface area (Å²) in [4.78, 5) is 1.59. The summed E-state index contributed by atoms with van der Waals surface area (Å²) in [6.07, 6.45) is 0. The van der Waals surface area contributed by atoms with Gasteiger partial charge in [0.25, 0.3) is 0 Å². The Morgan fingerprint density at radius 3 is 2.38 bits per heavy atom. The van der Waals surface area contributed by atoms with Gasteiger partial charge in [-0.2, -0.15) is 4.80 Å². The number of aromatic nitrogens is 4. The standard InChI is InChI=1S/C20H17N5O3S/c1-25-23-20(22-24-25)18-13-17(29(26)27)11-12-19(18)21-14-7-9-16(10-8-14)28-15-5-3-2-4-6-15/h2-13,21H,1H3,(H,26,27). The molecule has 0 spiro atoms. The van der Waals surface area contributed by atoms with Crippen molar-refractivity contribution in [3.63, 3.8) is 0 Å². The zero-order valence-corrected chi connectivity index (χ0v) is 16.2. The molecule has 9 heteroatoms. The van der Waals surface area contributed by atoms with Crippen LogP contribution in [0.25, 0.3) is 11.4 Å². The molecule has 0 radical (unpaired) electrons. The van der Waals surface area contributed by atoms with E-state index in [2.05, 4.69) is 20.7 Å². The molecule has 0 aliphatic carbocycles. The largest absolute Gasteiger partial charge is 0.457 e. The zero-order valence-electron chi connectivity index (χ0n) is 15.4. The first-order valence-electron chi connectivity index (χ1n) is 8.68. The van der Waals surface area contributed by atoms with Crippen molar-refractivity contribution in [3.8, 4) is 22.9 Å². The minimum atomic E-state index is -2.11. The summed E-state index contributed by atoms with van der Waals surface area (Å²) in [5, 5.41) is 15.3. The maximum absolute atomic E-state index is 11.5. The van der Waals surface area contributed by atoms with Gasteiger partial charge < -0.3 is 14.6 Å². The molecule has 8 nitrogen and oxygen atoms in total. The van der Waals surface area contributed by atoms with E-state index < -0.39 is 11.1 Å². The van der Waals surface area contributed by atoms with Gasteiger partial charge in [-0.25, -0.2) is 4.21 Å². The Balaban J connectivity index is 1.59. The highest BCUT2D eigenvalue weighted by Gasteiger charge is 2.14. The summed E-state index contributed by atoms with van der Waals surface area (Å²) in [6, 6.07) is 21.9. The van der Waals surface area contributed by atoms with Crippen LogP contribution in [0.4, 0.5) is 11.4 Å². The molecule has 0 aliphatic heterocycles. The van der Waals surface area contributed by atoms with Gasteiger partial charge in [-0.05, 0) is 59.8 Å². The fraction of sp³-hybridized carbons (Fsp3) is 0.0500. The quantitative estimate of drug-likeness (QED) is 0.466. The van der Waals surface area contributed by atoms with Crippen LogP contribution >= 0.6 is 0 Å². The van der Waals surface area contributed by atoms with E-state index in [1.54, 1.807) is 25.2 Å². The zero-order chi connectivity index (χ0) is 20.2. The minimum Gasteiger partial charge on any atom is -0.457 e. The second-order valence-electron chi connectivity index (χ2n) is 6.12. The molecule has 1 aromatic heterocycles. The van der Waals surface area contributed by atoms with Gasteiger partial charge in [-0.3, -0.25) is 0 Å². The third-order valence-corrected chi connectivity index (χ3v) is 4.71. The first kappa shape index (κ1) is 18.8. The molecule has 4 aromatic rings. The van der Waals surface area contributed by atoms with Gasteiger partial charge in [0.15, 0.2) is 11.1 Å². The molecule has 1 atom stereocenters. The van der Waals surface area contributed by atoms with Crippen LogP contribution in [-0.2, 0) is 18.1 Å². The second kappa shape index (κ2) is 8.21. The summed E-state index contributed by atoms with van der Waals surface area (Å²) in [6.45, 7) is 0. The summed E-state index contributed by atoms with van der Waals surface area (Å²) in [5.74, 6) is 1.83. The Bertz CT molecular complexity index is 1150. The SMILES string of the molecule is Cn1nnc(-c2cc(S(=O)O)ccc2Nc2ccc(Oc3ccccc3)cc2)n1. The third-order valence-electron chi connectivity index (χ3n) is 4.05. The molecular formula is C20H17N5O3S. The van der Waals surface area contributed by atoms with Gasteiger partial charge in [0.2, 0.25) is 5.82 Å². The second-order valence-corrected chi connectivity index (χ2v) is 7.09. The van der Waals surface area contributed by atoms with Crippen molar-refractivity contribution in [2.75, 3.05) is 5.32 Å². The number of tetrazole rings is 1. The van der Waals surface area contributed by atoms with Crippen LogP contribution in [0.3, 0.4) is 0 Å². The first-order chi connectivity index (χ1) is 14.1. The van der Waals surface area contributed by atoms with E-state index in [9.17, 15) is 8.76 Å². The minimum absolute atomic E-state index is 0.254. The number of hydrogen-bond donors (Lipinski definition) is 2. The van der Waals surface area contributed by atoms with Crippen molar-refractivity contribution in [1.82, 2.24) is 20.2 Å². The van der Waals surface area contributed by atoms with E-state index in [4.69, 9.17) is 4.74 Å². The fourth-order valence-corrected chi connectivity index (χ4v) is 3.11. The maximum Gasteiger partial charge on any atom is 0.207 e. The number of benzene rings is 3. The van der Waals surface area contributed by atoms with Crippen molar-refractivity contribution in [2.45, 2.75) is 4.90 Å². The lowest BCUT2D eigenvalue weighted by Gasteiger charge is -2.12. The van der Waals surface area contributed by atoms with Crippen LogP contribution in [0, 0.1) is 0 Å².